The highest BCUT2D eigenvalue weighted by molar-refractivity contribution is 7.92. The van der Waals surface area contributed by atoms with Crippen molar-refractivity contribution in [3.63, 3.8) is 0 Å². The molecule has 5 rings (SSSR count). The lowest BCUT2D eigenvalue weighted by Gasteiger charge is -2.34. The molecule has 3 aromatic carbocycles. The summed E-state index contributed by atoms with van der Waals surface area (Å²) in [5.74, 6) is -0.434. The Morgan fingerprint density at radius 2 is 1.61 bits per heavy atom. The largest absolute Gasteiger partial charge is 0.486 e. The van der Waals surface area contributed by atoms with Crippen molar-refractivity contribution in [2.24, 2.45) is 0 Å². The van der Waals surface area contributed by atoms with Crippen molar-refractivity contribution in [3.8, 4) is 11.5 Å². The molecule has 3 aromatic rings. The smallest absolute Gasteiger partial charge is 0.264 e. The summed E-state index contributed by atoms with van der Waals surface area (Å²) in [6.45, 7) is 1.91. The third kappa shape index (κ3) is 7.32. The summed E-state index contributed by atoms with van der Waals surface area (Å²) >= 11 is 0. The van der Waals surface area contributed by atoms with Gasteiger partial charge in [-0.25, -0.2) is 12.8 Å². The third-order valence-corrected chi connectivity index (χ3v) is 9.82. The Morgan fingerprint density at radius 1 is 0.932 bits per heavy atom. The Balaban J connectivity index is 1.50. The number of fused-ring (bicyclic) bond motifs is 1. The van der Waals surface area contributed by atoms with E-state index in [1.54, 1.807) is 48.5 Å². The molecule has 1 heterocycles. The summed E-state index contributed by atoms with van der Waals surface area (Å²) in [7, 11) is -4.22. The third-order valence-electron chi connectivity index (χ3n) is 8.03. The normalized spacial score (nSPS) is 15.7. The van der Waals surface area contributed by atoms with E-state index in [0.29, 0.717) is 36.7 Å². The Bertz CT molecular complexity index is 1550. The minimum Gasteiger partial charge on any atom is -0.486 e. The van der Waals surface area contributed by atoms with Crippen LogP contribution in [0.5, 0.6) is 11.5 Å². The number of hydrogen-bond acceptors (Lipinski definition) is 6. The number of carbonyl (C=O) groups is 2. The molecule has 2 amide bonds. The van der Waals surface area contributed by atoms with Gasteiger partial charge in [0.2, 0.25) is 11.8 Å². The Hall–Kier alpha value is -4.12. The maximum Gasteiger partial charge on any atom is 0.264 e. The number of amides is 2. The van der Waals surface area contributed by atoms with E-state index in [0.717, 1.165) is 36.4 Å². The number of carbonyl (C=O) groups excluding carboxylic acids is 2. The summed E-state index contributed by atoms with van der Waals surface area (Å²) in [6.07, 6.45) is 5.25. The first-order valence-electron chi connectivity index (χ1n) is 15.1. The van der Waals surface area contributed by atoms with Crippen molar-refractivity contribution in [2.75, 3.05) is 24.1 Å². The molecule has 1 fully saturated rings. The lowest BCUT2D eigenvalue weighted by atomic mass is 9.95. The van der Waals surface area contributed by atoms with Crippen LogP contribution in [0, 0.1) is 5.82 Å². The fourth-order valence-corrected chi connectivity index (χ4v) is 7.11. The van der Waals surface area contributed by atoms with Gasteiger partial charge in [0.25, 0.3) is 10.0 Å². The van der Waals surface area contributed by atoms with Crippen molar-refractivity contribution in [1.29, 1.82) is 0 Å². The van der Waals surface area contributed by atoms with Crippen molar-refractivity contribution in [2.45, 2.75) is 69.0 Å². The lowest BCUT2D eigenvalue weighted by molar-refractivity contribution is -0.140. The second-order valence-corrected chi connectivity index (χ2v) is 12.9. The van der Waals surface area contributed by atoms with Crippen molar-refractivity contribution in [1.82, 2.24) is 10.2 Å². The van der Waals surface area contributed by atoms with Gasteiger partial charge in [-0.05, 0) is 61.2 Å². The molecule has 9 nitrogen and oxygen atoms in total. The predicted octanol–water partition coefficient (Wildman–Crippen LogP) is 5.05. The van der Waals surface area contributed by atoms with Gasteiger partial charge in [0.05, 0.1) is 10.6 Å². The number of ether oxygens (including phenoxy) is 2. The van der Waals surface area contributed by atoms with E-state index in [-0.39, 0.29) is 29.1 Å². The van der Waals surface area contributed by atoms with Gasteiger partial charge < -0.3 is 19.7 Å². The number of hydrogen-bond donors (Lipinski definition) is 1. The lowest BCUT2D eigenvalue weighted by Crippen LogP contribution is -2.54. The summed E-state index contributed by atoms with van der Waals surface area (Å²) in [5.41, 5.74) is 0.827. The zero-order valence-corrected chi connectivity index (χ0v) is 25.6. The molecule has 0 unspecified atom stereocenters. The van der Waals surface area contributed by atoms with Crippen LogP contribution in [0.2, 0.25) is 0 Å². The Kier molecular flexibility index (Phi) is 10.0. The number of rotatable bonds is 11. The van der Waals surface area contributed by atoms with E-state index in [1.165, 1.54) is 29.2 Å². The first-order chi connectivity index (χ1) is 21.3. The van der Waals surface area contributed by atoms with E-state index < -0.39 is 34.3 Å². The summed E-state index contributed by atoms with van der Waals surface area (Å²) in [5, 5.41) is 3.12. The summed E-state index contributed by atoms with van der Waals surface area (Å²) < 4.78 is 54.2. The van der Waals surface area contributed by atoms with E-state index >= 15 is 0 Å². The fourth-order valence-electron chi connectivity index (χ4n) is 5.69. The standard InChI is InChI=1S/C33H38FN3O6S/c1-2-29(33(39)35-26-9-5-3-6-10-26)36(22-24-13-15-25(34)16-14-24)32(38)23-37(44(40,41)28-11-7-4-8-12-28)27-17-18-30-31(21-27)43-20-19-42-30/h4,7-8,11-18,21,26,29H,2-3,5-6,9-10,19-20,22-23H2,1H3,(H,35,39)/t29-/m1/s1. The Morgan fingerprint density at radius 3 is 2.30 bits per heavy atom. The number of nitrogens with zero attached hydrogens (tertiary/aromatic N) is 2. The molecule has 1 atom stereocenters. The highest BCUT2D eigenvalue weighted by Crippen LogP contribution is 2.36. The minimum atomic E-state index is -4.22. The molecule has 0 bridgehead atoms. The van der Waals surface area contributed by atoms with Gasteiger partial charge in [0.1, 0.15) is 31.6 Å². The molecule has 0 radical (unpaired) electrons. The predicted molar refractivity (Wildman–Crippen MR) is 164 cm³/mol. The van der Waals surface area contributed by atoms with Crippen LogP contribution in [0.15, 0.2) is 77.7 Å². The molecule has 1 N–H and O–H groups in total. The molecule has 11 heteroatoms. The molecule has 1 saturated carbocycles. The summed E-state index contributed by atoms with van der Waals surface area (Å²) in [4.78, 5) is 29.3. The molecule has 234 valence electrons. The SMILES string of the molecule is CC[C@H](C(=O)NC1CCCCC1)N(Cc1ccc(F)cc1)C(=O)CN(c1ccc2c(c1)OCCO2)S(=O)(=O)c1ccccc1. The van der Waals surface area contributed by atoms with Crippen LogP contribution in [0.25, 0.3) is 0 Å². The van der Waals surface area contributed by atoms with Crippen LogP contribution in [-0.2, 0) is 26.2 Å². The van der Waals surface area contributed by atoms with Crippen LogP contribution in [-0.4, -0.2) is 57.0 Å². The monoisotopic (exact) mass is 623 g/mol. The van der Waals surface area contributed by atoms with Crippen LogP contribution in [0.4, 0.5) is 10.1 Å². The van der Waals surface area contributed by atoms with Gasteiger partial charge in [0.15, 0.2) is 11.5 Å². The summed E-state index contributed by atoms with van der Waals surface area (Å²) in [6, 6.07) is 17.5. The second kappa shape index (κ2) is 14.1. The molecule has 0 spiro atoms. The van der Waals surface area contributed by atoms with Crippen LogP contribution >= 0.6 is 0 Å². The zero-order valence-electron chi connectivity index (χ0n) is 24.8. The van der Waals surface area contributed by atoms with E-state index in [1.807, 2.05) is 6.92 Å². The zero-order chi connectivity index (χ0) is 31.1. The van der Waals surface area contributed by atoms with Gasteiger partial charge in [-0.15, -0.1) is 0 Å². The second-order valence-electron chi connectivity index (χ2n) is 11.1. The van der Waals surface area contributed by atoms with E-state index in [4.69, 9.17) is 9.47 Å². The molecule has 44 heavy (non-hydrogen) atoms. The number of halogens is 1. The minimum absolute atomic E-state index is 0.00390. The molecule has 0 aromatic heterocycles. The van der Waals surface area contributed by atoms with Crippen LogP contribution in [0.3, 0.4) is 0 Å². The van der Waals surface area contributed by atoms with Crippen LogP contribution in [0.1, 0.15) is 51.0 Å². The quantitative estimate of drug-likeness (QED) is 0.321. The van der Waals surface area contributed by atoms with E-state index in [2.05, 4.69) is 5.32 Å². The maximum absolute atomic E-state index is 14.3. The van der Waals surface area contributed by atoms with Crippen molar-refractivity contribution >= 4 is 27.5 Å². The van der Waals surface area contributed by atoms with Gasteiger partial charge in [-0.1, -0.05) is 56.5 Å². The maximum atomic E-state index is 14.3. The molecular formula is C33H38FN3O6S. The molecule has 2 aliphatic rings. The molecule has 1 aliphatic carbocycles. The number of nitrogens with one attached hydrogen (secondary N) is 1. The molecule has 1 aliphatic heterocycles. The Labute approximate surface area is 258 Å². The van der Waals surface area contributed by atoms with Gasteiger partial charge >= 0.3 is 0 Å². The molecular weight excluding hydrogens is 585 g/mol. The number of sulfonamides is 1. The van der Waals surface area contributed by atoms with Gasteiger partial charge in [-0.3, -0.25) is 13.9 Å². The average Bonchev–Trinajstić information content (AvgIpc) is 3.05. The topological polar surface area (TPSA) is 105 Å². The van der Waals surface area contributed by atoms with E-state index in [9.17, 15) is 22.4 Å². The van der Waals surface area contributed by atoms with Crippen LogP contribution < -0.4 is 19.1 Å². The van der Waals surface area contributed by atoms with Gasteiger partial charge in [0, 0.05) is 18.7 Å². The number of benzene rings is 3. The first-order valence-corrected chi connectivity index (χ1v) is 16.5. The first kappa shape index (κ1) is 31.3. The van der Waals surface area contributed by atoms with Crippen molar-refractivity contribution in [3.05, 3.63) is 84.2 Å². The highest BCUT2D eigenvalue weighted by Gasteiger charge is 2.35. The van der Waals surface area contributed by atoms with Gasteiger partial charge in [-0.2, -0.15) is 0 Å². The fraction of sp³-hybridized carbons (Fsp3) is 0.394. The van der Waals surface area contributed by atoms with Crippen molar-refractivity contribution < 1.29 is 31.9 Å². The number of anilines is 1. The highest BCUT2D eigenvalue weighted by atomic mass is 32.2. The molecule has 0 saturated heterocycles. The average molecular weight is 624 g/mol.